The Kier molecular flexibility index (Phi) is 6.44. The SMILES string of the molecule is Cc1ccccc1CCNC(=O)COC(=O)c1c(C)nn(-c2ccccc2)c1C. The van der Waals surface area contributed by atoms with Crippen molar-refractivity contribution < 1.29 is 14.3 Å². The van der Waals surface area contributed by atoms with Crippen LogP contribution in [-0.2, 0) is 16.0 Å². The lowest BCUT2D eigenvalue weighted by molar-refractivity contribution is -0.124. The quantitative estimate of drug-likeness (QED) is 0.627. The van der Waals surface area contributed by atoms with Crippen LogP contribution in [0.15, 0.2) is 54.6 Å². The molecule has 1 aromatic heterocycles. The summed E-state index contributed by atoms with van der Waals surface area (Å²) in [6.07, 6.45) is 0.731. The van der Waals surface area contributed by atoms with Crippen molar-refractivity contribution in [3.8, 4) is 5.69 Å². The van der Waals surface area contributed by atoms with Crippen molar-refractivity contribution in [3.05, 3.63) is 82.7 Å². The maximum absolute atomic E-state index is 12.5. The van der Waals surface area contributed by atoms with Crippen molar-refractivity contribution >= 4 is 11.9 Å². The van der Waals surface area contributed by atoms with Gasteiger partial charge < -0.3 is 10.1 Å². The largest absolute Gasteiger partial charge is 0.452 e. The second kappa shape index (κ2) is 9.19. The monoisotopic (exact) mass is 391 g/mol. The second-order valence-corrected chi connectivity index (χ2v) is 6.90. The Morgan fingerprint density at radius 3 is 2.41 bits per heavy atom. The third-order valence-electron chi connectivity index (χ3n) is 4.81. The number of esters is 1. The van der Waals surface area contributed by atoms with E-state index in [-0.39, 0.29) is 12.5 Å². The van der Waals surface area contributed by atoms with Crippen LogP contribution in [-0.4, -0.2) is 34.8 Å². The van der Waals surface area contributed by atoms with Gasteiger partial charge >= 0.3 is 5.97 Å². The first-order valence-corrected chi connectivity index (χ1v) is 9.57. The van der Waals surface area contributed by atoms with Gasteiger partial charge in [-0.15, -0.1) is 0 Å². The molecule has 1 N–H and O–H groups in total. The molecule has 0 saturated carbocycles. The minimum absolute atomic E-state index is 0.317. The van der Waals surface area contributed by atoms with Gasteiger partial charge in [-0.25, -0.2) is 9.48 Å². The molecule has 0 aliphatic heterocycles. The molecule has 0 saturated heterocycles. The summed E-state index contributed by atoms with van der Waals surface area (Å²) in [6.45, 7) is 5.78. The van der Waals surface area contributed by atoms with Gasteiger partial charge in [-0.3, -0.25) is 4.79 Å². The van der Waals surface area contributed by atoms with Gasteiger partial charge in [0.15, 0.2) is 6.61 Å². The Bertz CT molecular complexity index is 1010. The predicted molar refractivity (Wildman–Crippen MR) is 111 cm³/mol. The average molecular weight is 391 g/mol. The zero-order valence-corrected chi connectivity index (χ0v) is 16.9. The molecule has 29 heavy (non-hydrogen) atoms. The molecule has 6 nitrogen and oxygen atoms in total. The minimum Gasteiger partial charge on any atom is -0.452 e. The molecule has 3 aromatic rings. The number of amides is 1. The summed E-state index contributed by atoms with van der Waals surface area (Å²) < 4.78 is 6.93. The van der Waals surface area contributed by atoms with Crippen LogP contribution >= 0.6 is 0 Å². The summed E-state index contributed by atoms with van der Waals surface area (Å²) in [5.74, 6) is -0.867. The number of aryl methyl sites for hydroxylation is 2. The van der Waals surface area contributed by atoms with E-state index in [1.54, 1.807) is 11.6 Å². The van der Waals surface area contributed by atoms with Crippen LogP contribution in [0.4, 0.5) is 0 Å². The highest BCUT2D eigenvalue weighted by molar-refractivity contribution is 5.93. The molecule has 0 aliphatic rings. The van der Waals surface area contributed by atoms with Gasteiger partial charge in [-0.05, 0) is 50.5 Å². The van der Waals surface area contributed by atoms with E-state index >= 15 is 0 Å². The summed E-state index contributed by atoms with van der Waals surface area (Å²) in [6, 6.07) is 17.6. The summed E-state index contributed by atoms with van der Waals surface area (Å²) in [5, 5.41) is 7.22. The average Bonchev–Trinajstić information content (AvgIpc) is 3.02. The van der Waals surface area contributed by atoms with Gasteiger partial charge in [0.2, 0.25) is 0 Å². The summed E-state index contributed by atoms with van der Waals surface area (Å²) in [4.78, 5) is 24.6. The molecule has 6 heteroatoms. The maximum atomic E-state index is 12.5. The standard InChI is InChI=1S/C23H25N3O3/c1-16-9-7-8-10-19(16)13-14-24-21(27)15-29-23(28)22-17(2)25-26(18(22)3)20-11-5-4-6-12-20/h4-12H,13-15H2,1-3H3,(H,24,27). The first kappa shape index (κ1) is 20.3. The third kappa shape index (κ3) is 4.90. The van der Waals surface area contributed by atoms with Crippen molar-refractivity contribution in [1.29, 1.82) is 0 Å². The van der Waals surface area contributed by atoms with E-state index in [2.05, 4.69) is 10.4 Å². The van der Waals surface area contributed by atoms with E-state index in [9.17, 15) is 9.59 Å². The molecule has 0 radical (unpaired) electrons. The number of hydrogen-bond donors (Lipinski definition) is 1. The normalized spacial score (nSPS) is 10.6. The van der Waals surface area contributed by atoms with E-state index < -0.39 is 5.97 Å². The van der Waals surface area contributed by atoms with Gasteiger partial charge in [0.25, 0.3) is 5.91 Å². The molecule has 0 spiro atoms. The number of ether oxygens (including phenoxy) is 1. The topological polar surface area (TPSA) is 73.2 Å². The first-order chi connectivity index (χ1) is 14.0. The molecule has 0 bridgehead atoms. The smallest absolute Gasteiger partial charge is 0.342 e. The van der Waals surface area contributed by atoms with Crippen LogP contribution in [0.2, 0.25) is 0 Å². The molecule has 0 fully saturated rings. The second-order valence-electron chi connectivity index (χ2n) is 6.90. The maximum Gasteiger partial charge on any atom is 0.342 e. The fourth-order valence-electron chi connectivity index (χ4n) is 3.24. The van der Waals surface area contributed by atoms with Crippen LogP contribution in [0.3, 0.4) is 0 Å². The van der Waals surface area contributed by atoms with E-state index in [1.807, 2.05) is 68.4 Å². The highest BCUT2D eigenvalue weighted by atomic mass is 16.5. The van der Waals surface area contributed by atoms with Gasteiger partial charge in [-0.1, -0.05) is 42.5 Å². The van der Waals surface area contributed by atoms with E-state index in [1.165, 1.54) is 11.1 Å². The van der Waals surface area contributed by atoms with Crippen LogP contribution in [0.5, 0.6) is 0 Å². The number of carbonyl (C=O) groups is 2. The van der Waals surface area contributed by atoms with Gasteiger partial charge in [0.05, 0.1) is 17.1 Å². The summed E-state index contributed by atoms with van der Waals surface area (Å²) in [7, 11) is 0. The van der Waals surface area contributed by atoms with Crippen molar-refractivity contribution in [1.82, 2.24) is 15.1 Å². The van der Waals surface area contributed by atoms with Crippen LogP contribution in [0.1, 0.15) is 32.9 Å². The van der Waals surface area contributed by atoms with Crippen molar-refractivity contribution in [2.24, 2.45) is 0 Å². The van der Waals surface area contributed by atoms with Gasteiger partial charge in [-0.2, -0.15) is 5.10 Å². The van der Waals surface area contributed by atoms with Gasteiger partial charge in [0, 0.05) is 6.54 Å². The number of hydrogen-bond acceptors (Lipinski definition) is 4. The van der Waals surface area contributed by atoms with Crippen LogP contribution in [0.25, 0.3) is 5.69 Å². The number of benzene rings is 2. The molecule has 150 valence electrons. The molecular formula is C23H25N3O3. The number of nitrogens with zero attached hydrogens (tertiary/aromatic N) is 2. The van der Waals surface area contributed by atoms with Crippen molar-refractivity contribution in [2.45, 2.75) is 27.2 Å². The Labute approximate surface area is 170 Å². The Hall–Kier alpha value is -3.41. The molecular weight excluding hydrogens is 366 g/mol. The third-order valence-corrected chi connectivity index (χ3v) is 4.81. The Morgan fingerprint density at radius 2 is 1.69 bits per heavy atom. The zero-order chi connectivity index (χ0) is 20.8. The van der Waals surface area contributed by atoms with Crippen LogP contribution < -0.4 is 5.32 Å². The fourth-order valence-corrected chi connectivity index (χ4v) is 3.24. The summed E-state index contributed by atoms with van der Waals surface area (Å²) >= 11 is 0. The molecule has 0 atom stereocenters. The number of aromatic nitrogens is 2. The lowest BCUT2D eigenvalue weighted by atomic mass is 10.1. The molecule has 1 amide bonds. The van der Waals surface area contributed by atoms with E-state index in [0.717, 1.165) is 12.1 Å². The molecule has 3 rings (SSSR count). The highest BCUT2D eigenvalue weighted by Gasteiger charge is 2.21. The number of rotatable bonds is 7. The lowest BCUT2D eigenvalue weighted by Gasteiger charge is -2.08. The molecule has 1 heterocycles. The van der Waals surface area contributed by atoms with Crippen LogP contribution in [0, 0.1) is 20.8 Å². The zero-order valence-electron chi connectivity index (χ0n) is 16.9. The molecule has 2 aromatic carbocycles. The fraction of sp³-hybridized carbons (Fsp3) is 0.261. The number of para-hydroxylation sites is 1. The molecule has 0 unspecified atom stereocenters. The Morgan fingerprint density at radius 1 is 1.00 bits per heavy atom. The number of carbonyl (C=O) groups excluding carboxylic acids is 2. The highest BCUT2D eigenvalue weighted by Crippen LogP contribution is 2.18. The minimum atomic E-state index is -0.545. The predicted octanol–water partition coefficient (Wildman–Crippen LogP) is 3.31. The van der Waals surface area contributed by atoms with E-state index in [4.69, 9.17) is 4.74 Å². The first-order valence-electron chi connectivity index (χ1n) is 9.57. The molecule has 0 aliphatic carbocycles. The summed E-state index contributed by atoms with van der Waals surface area (Å²) in [5.41, 5.74) is 4.87. The lowest BCUT2D eigenvalue weighted by Crippen LogP contribution is -2.30. The van der Waals surface area contributed by atoms with Crippen molar-refractivity contribution in [2.75, 3.05) is 13.2 Å². The number of nitrogens with one attached hydrogen (secondary N) is 1. The van der Waals surface area contributed by atoms with Crippen molar-refractivity contribution in [3.63, 3.8) is 0 Å². The van der Waals surface area contributed by atoms with Gasteiger partial charge in [0.1, 0.15) is 5.56 Å². The Balaban J connectivity index is 1.55. The van der Waals surface area contributed by atoms with E-state index in [0.29, 0.717) is 23.5 Å².